The van der Waals surface area contributed by atoms with E-state index in [1.165, 1.54) is 13.1 Å². The number of nitrogens with one attached hydrogen (secondary N) is 1. The highest BCUT2D eigenvalue weighted by atomic mass is 15.4. The lowest BCUT2D eigenvalue weighted by Gasteiger charge is -2.46. The summed E-state index contributed by atoms with van der Waals surface area (Å²) in [5, 5.41) is 3.41. The van der Waals surface area contributed by atoms with Crippen molar-refractivity contribution in [3.8, 4) is 0 Å². The molecule has 0 radical (unpaired) electrons. The molecule has 0 aromatic carbocycles. The van der Waals surface area contributed by atoms with Gasteiger partial charge in [-0.3, -0.25) is 4.90 Å². The molecule has 3 rings (SSSR count). The molecule has 0 aliphatic carbocycles. The van der Waals surface area contributed by atoms with E-state index >= 15 is 0 Å². The summed E-state index contributed by atoms with van der Waals surface area (Å²) in [6.07, 6.45) is 0. The van der Waals surface area contributed by atoms with Crippen LogP contribution in [-0.4, -0.2) is 60.2 Å². The van der Waals surface area contributed by atoms with Crippen molar-refractivity contribution in [1.29, 1.82) is 0 Å². The lowest BCUT2D eigenvalue weighted by atomic mass is 10.1. The molecule has 5 heteroatoms. The van der Waals surface area contributed by atoms with E-state index < -0.39 is 0 Å². The Morgan fingerprint density at radius 1 is 1.20 bits per heavy atom. The Hall–Kier alpha value is -1.20. The molecule has 110 valence electrons. The van der Waals surface area contributed by atoms with Gasteiger partial charge in [0.15, 0.2) is 0 Å². The quantitative estimate of drug-likeness (QED) is 0.891. The molecule has 0 spiro atoms. The van der Waals surface area contributed by atoms with Crippen LogP contribution in [0.4, 0.5) is 5.95 Å². The summed E-state index contributed by atoms with van der Waals surface area (Å²) in [5.74, 6) is 1.38. The fourth-order valence-electron chi connectivity index (χ4n) is 2.91. The number of aryl methyl sites for hydroxylation is 1. The lowest BCUT2D eigenvalue weighted by molar-refractivity contribution is 0.146. The Morgan fingerprint density at radius 2 is 1.90 bits per heavy atom. The Labute approximate surface area is 121 Å². The topological polar surface area (TPSA) is 44.3 Å². The van der Waals surface area contributed by atoms with E-state index in [0.29, 0.717) is 12.0 Å². The third-order valence-electron chi connectivity index (χ3n) is 4.27. The first kappa shape index (κ1) is 13.8. The van der Waals surface area contributed by atoms with Crippen molar-refractivity contribution in [3.05, 3.63) is 17.5 Å². The van der Waals surface area contributed by atoms with Gasteiger partial charge in [0.2, 0.25) is 5.95 Å². The minimum atomic E-state index is 0.459. The SMILES string of the molecule is Cc1cc(C(C)C)nc(N2CC(N3CCNCC3)C2)n1. The van der Waals surface area contributed by atoms with Crippen molar-refractivity contribution in [1.82, 2.24) is 20.2 Å². The molecule has 2 fully saturated rings. The molecule has 1 N–H and O–H groups in total. The molecule has 1 aromatic rings. The summed E-state index contributed by atoms with van der Waals surface area (Å²) < 4.78 is 0. The third kappa shape index (κ3) is 2.79. The first-order chi connectivity index (χ1) is 9.63. The second-order valence-corrected chi connectivity index (χ2v) is 6.23. The predicted octanol–water partition coefficient (Wildman–Crippen LogP) is 1.00. The predicted molar refractivity (Wildman–Crippen MR) is 81.3 cm³/mol. The molecule has 0 saturated carbocycles. The monoisotopic (exact) mass is 275 g/mol. The van der Waals surface area contributed by atoms with Crippen LogP contribution in [0.3, 0.4) is 0 Å². The number of nitrogens with zero attached hydrogens (tertiary/aromatic N) is 4. The highest BCUT2D eigenvalue weighted by Gasteiger charge is 2.33. The summed E-state index contributed by atoms with van der Waals surface area (Å²) in [6.45, 7) is 13.2. The zero-order valence-electron chi connectivity index (χ0n) is 12.8. The van der Waals surface area contributed by atoms with Crippen LogP contribution in [0.5, 0.6) is 0 Å². The normalized spacial score (nSPS) is 21.3. The van der Waals surface area contributed by atoms with E-state index in [1.807, 2.05) is 0 Å². The maximum atomic E-state index is 4.72. The highest BCUT2D eigenvalue weighted by Crippen LogP contribution is 2.23. The number of hydrogen-bond donors (Lipinski definition) is 1. The van der Waals surface area contributed by atoms with Crippen LogP contribution < -0.4 is 10.2 Å². The van der Waals surface area contributed by atoms with Crippen LogP contribution in [0.25, 0.3) is 0 Å². The van der Waals surface area contributed by atoms with Crippen LogP contribution >= 0.6 is 0 Å². The smallest absolute Gasteiger partial charge is 0.225 e. The first-order valence-electron chi connectivity index (χ1n) is 7.69. The summed E-state index contributed by atoms with van der Waals surface area (Å²) in [7, 11) is 0. The van der Waals surface area contributed by atoms with E-state index in [1.54, 1.807) is 0 Å². The van der Waals surface area contributed by atoms with Crippen LogP contribution in [0, 0.1) is 6.92 Å². The van der Waals surface area contributed by atoms with Gasteiger partial charge >= 0.3 is 0 Å². The summed E-state index contributed by atoms with van der Waals surface area (Å²) in [5.41, 5.74) is 2.22. The Morgan fingerprint density at radius 3 is 2.55 bits per heavy atom. The average molecular weight is 275 g/mol. The van der Waals surface area contributed by atoms with Crippen LogP contribution in [0.1, 0.15) is 31.2 Å². The van der Waals surface area contributed by atoms with Gasteiger partial charge in [0.1, 0.15) is 0 Å². The van der Waals surface area contributed by atoms with Crippen LogP contribution in [0.15, 0.2) is 6.07 Å². The van der Waals surface area contributed by atoms with Crippen molar-refractivity contribution in [3.63, 3.8) is 0 Å². The fourth-order valence-corrected chi connectivity index (χ4v) is 2.91. The number of aromatic nitrogens is 2. The Balaban J connectivity index is 1.64. The lowest BCUT2D eigenvalue weighted by Crippen LogP contribution is -2.63. The first-order valence-corrected chi connectivity index (χ1v) is 7.69. The standard InChI is InChI=1S/C15H25N5/c1-11(2)14-8-12(3)17-15(18-14)20-9-13(10-20)19-6-4-16-5-7-19/h8,11,13,16H,4-7,9-10H2,1-3H3. The molecule has 2 aliphatic rings. The van der Waals surface area contributed by atoms with Crippen molar-refractivity contribution in [2.45, 2.75) is 32.7 Å². The van der Waals surface area contributed by atoms with E-state index in [2.05, 4.69) is 46.9 Å². The number of anilines is 1. The Kier molecular flexibility index (Phi) is 3.89. The minimum Gasteiger partial charge on any atom is -0.338 e. The van der Waals surface area contributed by atoms with Gasteiger partial charge in [-0.05, 0) is 18.9 Å². The third-order valence-corrected chi connectivity index (χ3v) is 4.27. The summed E-state index contributed by atoms with van der Waals surface area (Å²) in [4.78, 5) is 14.2. The number of piperazine rings is 1. The molecule has 0 atom stereocenters. The molecule has 0 bridgehead atoms. The molecule has 3 heterocycles. The van der Waals surface area contributed by atoms with Gasteiger partial charge in [0, 0.05) is 56.7 Å². The van der Waals surface area contributed by atoms with E-state index in [4.69, 9.17) is 4.98 Å². The van der Waals surface area contributed by atoms with E-state index in [0.717, 1.165) is 43.5 Å². The van der Waals surface area contributed by atoms with Gasteiger partial charge in [-0.2, -0.15) is 0 Å². The zero-order valence-corrected chi connectivity index (χ0v) is 12.8. The second-order valence-electron chi connectivity index (χ2n) is 6.23. The minimum absolute atomic E-state index is 0.459. The largest absolute Gasteiger partial charge is 0.338 e. The molecular formula is C15H25N5. The molecule has 1 aromatic heterocycles. The van der Waals surface area contributed by atoms with Gasteiger partial charge in [-0.25, -0.2) is 9.97 Å². The fraction of sp³-hybridized carbons (Fsp3) is 0.733. The van der Waals surface area contributed by atoms with Gasteiger partial charge in [0.05, 0.1) is 0 Å². The summed E-state index contributed by atoms with van der Waals surface area (Å²) in [6, 6.07) is 2.78. The maximum Gasteiger partial charge on any atom is 0.225 e. The second kappa shape index (κ2) is 5.66. The van der Waals surface area contributed by atoms with Gasteiger partial charge in [-0.15, -0.1) is 0 Å². The average Bonchev–Trinajstić information content (AvgIpc) is 2.37. The zero-order chi connectivity index (χ0) is 14.1. The highest BCUT2D eigenvalue weighted by molar-refractivity contribution is 5.37. The molecular weight excluding hydrogens is 250 g/mol. The summed E-state index contributed by atoms with van der Waals surface area (Å²) >= 11 is 0. The molecule has 0 unspecified atom stereocenters. The molecule has 5 nitrogen and oxygen atoms in total. The molecule has 2 saturated heterocycles. The molecule has 20 heavy (non-hydrogen) atoms. The van der Waals surface area contributed by atoms with E-state index in [-0.39, 0.29) is 0 Å². The van der Waals surface area contributed by atoms with Crippen molar-refractivity contribution in [2.75, 3.05) is 44.2 Å². The Bertz CT molecular complexity index is 461. The van der Waals surface area contributed by atoms with Crippen LogP contribution in [0.2, 0.25) is 0 Å². The maximum absolute atomic E-state index is 4.72. The van der Waals surface area contributed by atoms with Crippen LogP contribution in [-0.2, 0) is 0 Å². The molecule has 0 amide bonds. The van der Waals surface area contributed by atoms with Crippen molar-refractivity contribution < 1.29 is 0 Å². The number of hydrogen-bond acceptors (Lipinski definition) is 5. The van der Waals surface area contributed by atoms with Gasteiger partial charge in [0.25, 0.3) is 0 Å². The van der Waals surface area contributed by atoms with Gasteiger partial charge in [-0.1, -0.05) is 13.8 Å². The number of rotatable bonds is 3. The van der Waals surface area contributed by atoms with E-state index in [9.17, 15) is 0 Å². The molecule has 2 aliphatic heterocycles. The van der Waals surface area contributed by atoms with Crippen molar-refractivity contribution >= 4 is 5.95 Å². The van der Waals surface area contributed by atoms with Crippen molar-refractivity contribution in [2.24, 2.45) is 0 Å². The van der Waals surface area contributed by atoms with Gasteiger partial charge < -0.3 is 10.2 Å².